The van der Waals surface area contributed by atoms with Crippen molar-refractivity contribution in [3.8, 4) is 0 Å². The Morgan fingerprint density at radius 3 is 2.96 bits per heavy atom. The summed E-state index contributed by atoms with van der Waals surface area (Å²) in [6, 6.07) is 0.333. The Balaban J connectivity index is 1.60. The average Bonchev–Trinajstić information content (AvgIpc) is 3.15. The molecule has 0 spiro atoms. The molecule has 2 fully saturated rings. The number of nitrogens with zero attached hydrogens (tertiary/aromatic N) is 3. The molecule has 0 amide bonds. The minimum Gasteiger partial charge on any atom is -0.383 e. The summed E-state index contributed by atoms with van der Waals surface area (Å²) in [7, 11) is 3.59. The van der Waals surface area contributed by atoms with Crippen LogP contribution < -0.4 is 10.6 Å². The first-order chi connectivity index (χ1) is 11.3. The van der Waals surface area contributed by atoms with Gasteiger partial charge in [-0.2, -0.15) is 5.10 Å². The number of guanidine groups is 1. The van der Waals surface area contributed by atoms with E-state index < -0.39 is 5.60 Å². The maximum Gasteiger partial charge on any atom is 0.191 e. The molecule has 0 bridgehead atoms. The third-order valence-electron chi connectivity index (χ3n) is 5.54. The maximum absolute atomic E-state index is 10.7. The van der Waals surface area contributed by atoms with Crippen molar-refractivity contribution in [1.29, 1.82) is 0 Å². The molecule has 1 aliphatic heterocycles. The normalized spacial score (nSPS) is 31.1. The third-order valence-corrected chi connectivity index (χ3v) is 5.54. The number of aryl methyl sites for hydroxylation is 1. The number of hydrogen-bond acceptors (Lipinski definition) is 4. The Labute approximate surface area is 143 Å². The first-order valence-electron chi connectivity index (χ1n) is 8.56. The van der Waals surface area contributed by atoms with Gasteiger partial charge in [-0.1, -0.05) is 13.8 Å². The molecule has 2 heterocycles. The number of aromatic nitrogens is 2. The summed E-state index contributed by atoms with van der Waals surface area (Å²) in [5.74, 6) is 1.25. The van der Waals surface area contributed by atoms with Crippen LogP contribution in [0.2, 0.25) is 0 Å². The highest BCUT2D eigenvalue weighted by Gasteiger charge is 2.59. The van der Waals surface area contributed by atoms with Crippen LogP contribution in [-0.4, -0.2) is 53.2 Å². The highest BCUT2D eigenvalue weighted by molar-refractivity contribution is 5.80. The Morgan fingerprint density at radius 1 is 1.58 bits per heavy atom. The van der Waals surface area contributed by atoms with Crippen molar-refractivity contribution in [3.63, 3.8) is 0 Å². The van der Waals surface area contributed by atoms with Crippen molar-refractivity contribution in [2.45, 2.75) is 44.9 Å². The minimum absolute atomic E-state index is 0.0880. The van der Waals surface area contributed by atoms with Crippen LogP contribution in [0.15, 0.2) is 17.4 Å². The van der Waals surface area contributed by atoms with Crippen LogP contribution in [0.25, 0.3) is 0 Å². The van der Waals surface area contributed by atoms with Crippen molar-refractivity contribution in [2.75, 3.05) is 20.2 Å². The summed E-state index contributed by atoms with van der Waals surface area (Å²) in [5.41, 5.74) is -0.147. The molecule has 4 atom stereocenters. The highest BCUT2D eigenvalue weighted by atomic mass is 16.5. The van der Waals surface area contributed by atoms with Gasteiger partial charge in [0.15, 0.2) is 5.96 Å². The Kier molecular flexibility index (Phi) is 4.34. The summed E-state index contributed by atoms with van der Waals surface area (Å²) < 4.78 is 7.53. The van der Waals surface area contributed by atoms with Crippen molar-refractivity contribution in [2.24, 2.45) is 23.4 Å². The van der Waals surface area contributed by atoms with E-state index in [-0.39, 0.29) is 5.41 Å². The van der Waals surface area contributed by atoms with E-state index in [1.54, 1.807) is 24.9 Å². The molecule has 0 aromatic carbocycles. The first kappa shape index (κ1) is 17.2. The molecule has 134 valence electrons. The topological polar surface area (TPSA) is 83.7 Å². The predicted molar refractivity (Wildman–Crippen MR) is 92.7 cm³/mol. The van der Waals surface area contributed by atoms with Gasteiger partial charge in [-0.25, -0.2) is 0 Å². The van der Waals surface area contributed by atoms with Gasteiger partial charge in [0, 0.05) is 49.8 Å². The third kappa shape index (κ3) is 2.91. The molecule has 1 saturated heterocycles. The molecule has 3 N–H and O–H groups in total. The van der Waals surface area contributed by atoms with Crippen molar-refractivity contribution >= 4 is 5.96 Å². The predicted octanol–water partition coefficient (Wildman–Crippen LogP) is 0.606. The van der Waals surface area contributed by atoms with Crippen LogP contribution in [0.1, 0.15) is 32.8 Å². The summed E-state index contributed by atoms with van der Waals surface area (Å²) >= 11 is 0. The van der Waals surface area contributed by atoms with E-state index in [0.29, 0.717) is 30.6 Å². The van der Waals surface area contributed by atoms with Crippen LogP contribution in [0, 0.1) is 11.3 Å². The summed E-state index contributed by atoms with van der Waals surface area (Å²) in [5, 5.41) is 21.6. The second-order valence-corrected chi connectivity index (χ2v) is 7.79. The highest BCUT2D eigenvalue weighted by Crippen LogP contribution is 2.52. The number of hydrogen-bond donors (Lipinski definition) is 3. The van der Waals surface area contributed by atoms with E-state index in [4.69, 9.17) is 4.74 Å². The van der Waals surface area contributed by atoms with Crippen LogP contribution in [0.5, 0.6) is 0 Å². The van der Waals surface area contributed by atoms with Gasteiger partial charge < -0.3 is 20.5 Å². The second kappa shape index (κ2) is 6.04. The Bertz CT molecular complexity index is 622. The lowest BCUT2D eigenvalue weighted by Crippen LogP contribution is -2.68. The molecular weight excluding hydrogens is 306 g/mol. The van der Waals surface area contributed by atoms with E-state index in [1.807, 2.05) is 13.2 Å². The Morgan fingerprint density at radius 2 is 2.33 bits per heavy atom. The van der Waals surface area contributed by atoms with Gasteiger partial charge in [0.2, 0.25) is 0 Å². The summed E-state index contributed by atoms with van der Waals surface area (Å²) in [4.78, 5) is 4.31. The van der Waals surface area contributed by atoms with E-state index in [2.05, 4.69) is 34.6 Å². The van der Waals surface area contributed by atoms with Gasteiger partial charge in [0.25, 0.3) is 0 Å². The smallest absolute Gasteiger partial charge is 0.191 e. The van der Waals surface area contributed by atoms with E-state index >= 15 is 0 Å². The second-order valence-electron chi connectivity index (χ2n) is 7.79. The molecule has 1 saturated carbocycles. The SMILES string of the molecule is CN=C(NCC(C)(O)c1cnn(C)c1)NC1C2CCOC2C1(C)C. The number of aliphatic imine (C=N–C) groups is 1. The van der Waals surface area contributed by atoms with Crippen LogP contribution in [0.3, 0.4) is 0 Å². The molecule has 7 nitrogen and oxygen atoms in total. The van der Waals surface area contributed by atoms with E-state index in [9.17, 15) is 5.11 Å². The van der Waals surface area contributed by atoms with Crippen molar-refractivity contribution in [1.82, 2.24) is 20.4 Å². The lowest BCUT2D eigenvalue weighted by Gasteiger charge is -2.55. The summed E-state index contributed by atoms with van der Waals surface area (Å²) in [6.07, 6.45) is 4.95. The lowest BCUT2D eigenvalue weighted by molar-refractivity contribution is -0.106. The quantitative estimate of drug-likeness (QED) is 0.554. The maximum atomic E-state index is 10.7. The standard InChI is InChI=1S/C17H29N5O2/c1-16(2)13(12-6-7-24-14(12)16)21-15(18-4)19-10-17(3,23)11-8-20-22(5)9-11/h8-9,12-14,23H,6-7,10H2,1-5H3,(H2,18,19,21). The molecule has 4 unspecified atom stereocenters. The zero-order valence-corrected chi connectivity index (χ0v) is 15.2. The van der Waals surface area contributed by atoms with Crippen LogP contribution in [-0.2, 0) is 17.4 Å². The zero-order valence-electron chi connectivity index (χ0n) is 15.2. The number of rotatable bonds is 4. The number of ether oxygens (including phenoxy) is 1. The first-order valence-corrected chi connectivity index (χ1v) is 8.56. The van der Waals surface area contributed by atoms with Gasteiger partial charge in [-0.15, -0.1) is 0 Å². The summed E-state index contributed by atoms with van der Waals surface area (Å²) in [6.45, 7) is 7.44. The average molecular weight is 335 g/mol. The largest absolute Gasteiger partial charge is 0.383 e. The van der Waals surface area contributed by atoms with Crippen molar-refractivity contribution < 1.29 is 9.84 Å². The fraction of sp³-hybridized carbons (Fsp3) is 0.765. The zero-order chi connectivity index (χ0) is 17.5. The molecule has 1 aromatic rings. The van der Waals surface area contributed by atoms with Gasteiger partial charge in [-0.3, -0.25) is 9.67 Å². The molecule has 0 radical (unpaired) electrons. The van der Waals surface area contributed by atoms with E-state index in [1.165, 1.54) is 0 Å². The monoisotopic (exact) mass is 335 g/mol. The molecule has 1 aliphatic carbocycles. The van der Waals surface area contributed by atoms with Crippen molar-refractivity contribution in [3.05, 3.63) is 18.0 Å². The fourth-order valence-electron chi connectivity index (χ4n) is 4.02. The molecule has 3 rings (SSSR count). The van der Waals surface area contributed by atoms with Gasteiger partial charge in [-0.05, 0) is 13.3 Å². The van der Waals surface area contributed by atoms with Crippen LogP contribution >= 0.6 is 0 Å². The van der Waals surface area contributed by atoms with Crippen LogP contribution in [0.4, 0.5) is 0 Å². The van der Waals surface area contributed by atoms with E-state index in [0.717, 1.165) is 18.6 Å². The fourth-order valence-corrected chi connectivity index (χ4v) is 4.02. The van der Waals surface area contributed by atoms with Gasteiger partial charge >= 0.3 is 0 Å². The molecule has 2 aliphatic rings. The molecule has 1 aromatic heterocycles. The molecule has 7 heteroatoms. The minimum atomic E-state index is -1.01. The van der Waals surface area contributed by atoms with Gasteiger partial charge in [0.05, 0.1) is 18.8 Å². The number of fused-ring (bicyclic) bond motifs is 1. The Hall–Kier alpha value is -1.60. The number of nitrogens with one attached hydrogen (secondary N) is 2. The molecule has 24 heavy (non-hydrogen) atoms. The molecular formula is C17H29N5O2. The lowest BCUT2D eigenvalue weighted by atomic mass is 9.57. The van der Waals surface area contributed by atoms with Gasteiger partial charge in [0.1, 0.15) is 5.60 Å². The number of aliphatic hydroxyl groups is 1.